The molecule has 0 aromatic carbocycles. The first kappa shape index (κ1) is 14.8. The SMILES string of the molecule is CC(C)C(=O)Nc1cc(C(=O)NCc2ccco2)nn1C. The zero-order valence-corrected chi connectivity index (χ0v) is 12.2. The van der Waals surface area contributed by atoms with Crippen LogP contribution in [0.15, 0.2) is 28.9 Å². The van der Waals surface area contributed by atoms with Crippen LogP contribution in [0.1, 0.15) is 30.1 Å². The molecule has 0 saturated carbocycles. The highest BCUT2D eigenvalue weighted by molar-refractivity contribution is 5.95. The summed E-state index contributed by atoms with van der Waals surface area (Å²) in [6.45, 7) is 3.88. The second-order valence-corrected chi connectivity index (χ2v) is 4.94. The molecular weight excluding hydrogens is 272 g/mol. The Morgan fingerprint density at radius 3 is 2.81 bits per heavy atom. The van der Waals surface area contributed by atoms with Crippen molar-refractivity contribution in [3.63, 3.8) is 0 Å². The van der Waals surface area contributed by atoms with Crippen LogP contribution < -0.4 is 10.6 Å². The molecule has 21 heavy (non-hydrogen) atoms. The number of aromatic nitrogens is 2. The van der Waals surface area contributed by atoms with Crippen LogP contribution in [0.4, 0.5) is 5.82 Å². The van der Waals surface area contributed by atoms with Gasteiger partial charge in [0.2, 0.25) is 5.91 Å². The van der Waals surface area contributed by atoms with Crippen LogP contribution in [0.2, 0.25) is 0 Å². The molecule has 7 nitrogen and oxygen atoms in total. The number of hydrogen-bond acceptors (Lipinski definition) is 4. The van der Waals surface area contributed by atoms with Crippen LogP contribution in [0.5, 0.6) is 0 Å². The second-order valence-electron chi connectivity index (χ2n) is 4.94. The first-order chi connectivity index (χ1) is 9.97. The highest BCUT2D eigenvalue weighted by atomic mass is 16.3. The molecule has 2 N–H and O–H groups in total. The number of aryl methyl sites for hydroxylation is 1. The molecule has 2 aromatic heterocycles. The Kier molecular flexibility index (Phi) is 4.42. The molecule has 0 saturated heterocycles. The Bertz CT molecular complexity index is 629. The summed E-state index contributed by atoms with van der Waals surface area (Å²) >= 11 is 0. The maximum atomic E-state index is 12.0. The second kappa shape index (κ2) is 6.25. The molecule has 2 rings (SSSR count). The number of amides is 2. The fourth-order valence-electron chi connectivity index (χ4n) is 1.64. The molecule has 0 unspecified atom stereocenters. The highest BCUT2D eigenvalue weighted by Gasteiger charge is 2.15. The van der Waals surface area contributed by atoms with E-state index < -0.39 is 0 Å². The molecule has 0 aliphatic carbocycles. The van der Waals surface area contributed by atoms with Gasteiger partial charge in [-0.05, 0) is 12.1 Å². The van der Waals surface area contributed by atoms with Crippen LogP contribution in [-0.4, -0.2) is 21.6 Å². The van der Waals surface area contributed by atoms with Crippen molar-refractivity contribution >= 4 is 17.6 Å². The van der Waals surface area contributed by atoms with Crippen molar-refractivity contribution < 1.29 is 14.0 Å². The standard InChI is InChI=1S/C14H18N4O3/c1-9(2)13(19)16-12-7-11(17-18(12)3)14(20)15-8-10-5-4-6-21-10/h4-7,9H,8H2,1-3H3,(H,15,20)(H,16,19). The molecule has 0 aliphatic rings. The van der Waals surface area contributed by atoms with Crippen molar-refractivity contribution in [1.82, 2.24) is 15.1 Å². The van der Waals surface area contributed by atoms with E-state index >= 15 is 0 Å². The summed E-state index contributed by atoms with van der Waals surface area (Å²) < 4.78 is 6.59. The topological polar surface area (TPSA) is 89.2 Å². The summed E-state index contributed by atoms with van der Waals surface area (Å²) in [5.74, 6) is 0.549. The molecule has 7 heteroatoms. The van der Waals surface area contributed by atoms with Gasteiger partial charge in [0.05, 0.1) is 12.8 Å². The number of furan rings is 1. The number of anilines is 1. The van der Waals surface area contributed by atoms with E-state index in [4.69, 9.17) is 4.42 Å². The zero-order valence-electron chi connectivity index (χ0n) is 12.2. The van der Waals surface area contributed by atoms with E-state index in [9.17, 15) is 9.59 Å². The quantitative estimate of drug-likeness (QED) is 0.874. The summed E-state index contributed by atoms with van der Waals surface area (Å²) in [6.07, 6.45) is 1.54. The molecule has 0 atom stereocenters. The molecule has 0 aliphatic heterocycles. The Morgan fingerprint density at radius 1 is 1.43 bits per heavy atom. The summed E-state index contributed by atoms with van der Waals surface area (Å²) in [5.41, 5.74) is 0.239. The largest absolute Gasteiger partial charge is 0.467 e. The van der Waals surface area contributed by atoms with Gasteiger partial charge in [-0.2, -0.15) is 5.10 Å². The van der Waals surface area contributed by atoms with Crippen LogP contribution >= 0.6 is 0 Å². The van der Waals surface area contributed by atoms with Gasteiger partial charge in [-0.15, -0.1) is 0 Å². The first-order valence-corrected chi connectivity index (χ1v) is 6.63. The van der Waals surface area contributed by atoms with E-state index in [0.717, 1.165) is 0 Å². The Morgan fingerprint density at radius 2 is 2.19 bits per heavy atom. The predicted octanol–water partition coefficient (Wildman–Crippen LogP) is 1.54. The molecule has 0 spiro atoms. The zero-order chi connectivity index (χ0) is 15.4. The van der Waals surface area contributed by atoms with Crippen molar-refractivity contribution in [2.24, 2.45) is 13.0 Å². The number of rotatable bonds is 5. The fourth-order valence-corrected chi connectivity index (χ4v) is 1.64. The summed E-state index contributed by atoms with van der Waals surface area (Å²) in [4.78, 5) is 23.6. The summed E-state index contributed by atoms with van der Waals surface area (Å²) in [7, 11) is 1.67. The minimum Gasteiger partial charge on any atom is -0.467 e. The maximum absolute atomic E-state index is 12.0. The molecule has 0 radical (unpaired) electrons. The van der Waals surface area contributed by atoms with Gasteiger partial charge in [-0.25, -0.2) is 0 Å². The third-order valence-corrected chi connectivity index (χ3v) is 2.89. The van der Waals surface area contributed by atoms with Crippen LogP contribution in [-0.2, 0) is 18.4 Å². The summed E-state index contributed by atoms with van der Waals surface area (Å²) in [6, 6.07) is 5.06. The van der Waals surface area contributed by atoms with E-state index in [2.05, 4.69) is 15.7 Å². The Labute approximate surface area is 122 Å². The van der Waals surface area contributed by atoms with E-state index in [1.54, 1.807) is 39.3 Å². The van der Waals surface area contributed by atoms with Crippen molar-refractivity contribution in [3.8, 4) is 0 Å². The lowest BCUT2D eigenvalue weighted by atomic mass is 10.2. The van der Waals surface area contributed by atoms with Gasteiger partial charge < -0.3 is 15.1 Å². The molecule has 2 heterocycles. The van der Waals surface area contributed by atoms with Crippen molar-refractivity contribution in [2.45, 2.75) is 20.4 Å². The lowest BCUT2D eigenvalue weighted by Crippen LogP contribution is -2.23. The van der Waals surface area contributed by atoms with Crippen LogP contribution in [0.3, 0.4) is 0 Å². The molecule has 0 fully saturated rings. The Hall–Kier alpha value is -2.57. The highest BCUT2D eigenvalue weighted by Crippen LogP contribution is 2.11. The fraction of sp³-hybridized carbons (Fsp3) is 0.357. The number of nitrogens with zero attached hydrogens (tertiary/aromatic N) is 2. The monoisotopic (exact) mass is 290 g/mol. The van der Waals surface area contributed by atoms with Gasteiger partial charge in [0.25, 0.3) is 5.91 Å². The minimum atomic E-state index is -0.327. The van der Waals surface area contributed by atoms with Crippen molar-refractivity contribution in [3.05, 3.63) is 35.9 Å². The van der Waals surface area contributed by atoms with Gasteiger partial charge in [0.1, 0.15) is 11.6 Å². The van der Waals surface area contributed by atoms with Gasteiger partial charge in [0, 0.05) is 19.0 Å². The van der Waals surface area contributed by atoms with E-state index in [1.165, 1.54) is 10.7 Å². The number of carbonyl (C=O) groups is 2. The van der Waals surface area contributed by atoms with Crippen molar-refractivity contribution in [2.75, 3.05) is 5.32 Å². The predicted molar refractivity (Wildman–Crippen MR) is 76.6 cm³/mol. The smallest absolute Gasteiger partial charge is 0.272 e. The van der Waals surface area contributed by atoms with Crippen LogP contribution in [0.25, 0.3) is 0 Å². The summed E-state index contributed by atoms with van der Waals surface area (Å²) in [5, 5.41) is 9.50. The van der Waals surface area contributed by atoms with Gasteiger partial charge >= 0.3 is 0 Å². The molecule has 0 bridgehead atoms. The third-order valence-electron chi connectivity index (χ3n) is 2.89. The van der Waals surface area contributed by atoms with Gasteiger partial charge in [0.15, 0.2) is 5.69 Å². The van der Waals surface area contributed by atoms with Gasteiger partial charge in [-0.1, -0.05) is 13.8 Å². The molecule has 2 amide bonds. The Balaban J connectivity index is 2.00. The number of nitrogens with one attached hydrogen (secondary N) is 2. The molecule has 112 valence electrons. The average molecular weight is 290 g/mol. The van der Waals surface area contributed by atoms with E-state index in [-0.39, 0.29) is 30.0 Å². The molecular formula is C14H18N4O3. The van der Waals surface area contributed by atoms with E-state index in [1.807, 2.05) is 0 Å². The maximum Gasteiger partial charge on any atom is 0.272 e. The number of hydrogen-bond donors (Lipinski definition) is 2. The first-order valence-electron chi connectivity index (χ1n) is 6.63. The number of carbonyl (C=O) groups excluding carboxylic acids is 2. The minimum absolute atomic E-state index is 0.124. The van der Waals surface area contributed by atoms with E-state index in [0.29, 0.717) is 11.6 Å². The third kappa shape index (κ3) is 3.71. The molecule has 2 aromatic rings. The average Bonchev–Trinajstić information content (AvgIpc) is 3.06. The lowest BCUT2D eigenvalue weighted by Gasteiger charge is -2.06. The normalized spacial score (nSPS) is 10.7. The van der Waals surface area contributed by atoms with Gasteiger partial charge in [-0.3, -0.25) is 14.3 Å². The van der Waals surface area contributed by atoms with Crippen molar-refractivity contribution in [1.29, 1.82) is 0 Å². The lowest BCUT2D eigenvalue weighted by molar-refractivity contribution is -0.118. The van der Waals surface area contributed by atoms with Crippen LogP contribution in [0, 0.1) is 5.92 Å².